The minimum absolute atomic E-state index is 0.00289. The Kier molecular flexibility index (Phi) is 10.1. The lowest BCUT2D eigenvalue weighted by Gasteiger charge is -2.55. The second kappa shape index (κ2) is 14.5. The molecule has 2 atom stereocenters. The van der Waals surface area contributed by atoms with E-state index in [2.05, 4.69) is 16.4 Å². The highest BCUT2D eigenvalue weighted by Crippen LogP contribution is 2.38. The largest absolute Gasteiger partial charge is 0.524 e. The fourth-order valence-electron chi connectivity index (χ4n) is 6.91. The van der Waals surface area contributed by atoms with E-state index in [0.29, 0.717) is 11.1 Å². The van der Waals surface area contributed by atoms with E-state index in [1.54, 1.807) is 34.3 Å². The number of piperazine rings is 1. The summed E-state index contributed by atoms with van der Waals surface area (Å²) in [6.07, 6.45) is 2.54. The van der Waals surface area contributed by atoms with Crippen molar-refractivity contribution in [3.63, 3.8) is 0 Å². The summed E-state index contributed by atoms with van der Waals surface area (Å²) >= 11 is 0. The zero-order valence-electron chi connectivity index (χ0n) is 28.2. The Morgan fingerprint density at radius 2 is 1.75 bits per heavy atom. The number of aromatic nitrogens is 1. The van der Waals surface area contributed by atoms with Crippen LogP contribution in [0.5, 0.6) is 5.75 Å². The Bertz CT molecular complexity index is 2030. The Morgan fingerprint density at radius 3 is 2.41 bits per heavy atom. The highest BCUT2D eigenvalue weighted by atomic mass is 31.2. The maximum absolute atomic E-state index is 14.5. The number of nitrogens with zero attached hydrogens (tertiary/aromatic N) is 5. The van der Waals surface area contributed by atoms with Crippen molar-refractivity contribution in [1.82, 2.24) is 29.7 Å². The number of aryl methyl sites for hydroxylation is 1. The van der Waals surface area contributed by atoms with Gasteiger partial charge in [0.1, 0.15) is 18.0 Å². The summed E-state index contributed by atoms with van der Waals surface area (Å²) in [4.78, 5) is 76.5. The van der Waals surface area contributed by atoms with E-state index in [0.717, 1.165) is 22.0 Å². The summed E-state index contributed by atoms with van der Waals surface area (Å²) in [5, 5.41) is 6.84. The first kappa shape index (κ1) is 35.6. The number of rotatable bonds is 11. The molecule has 51 heavy (non-hydrogen) atoms. The van der Waals surface area contributed by atoms with Crippen LogP contribution in [0.15, 0.2) is 91.6 Å². The predicted octanol–water partition coefficient (Wildman–Crippen LogP) is 3.59. The number of phosphoric ester groups is 1. The summed E-state index contributed by atoms with van der Waals surface area (Å²) in [6, 6.07) is 19.4. The molecule has 6 rings (SSSR count). The van der Waals surface area contributed by atoms with Gasteiger partial charge in [-0.25, -0.2) is 19.4 Å². The van der Waals surface area contributed by atoms with Crippen LogP contribution in [-0.2, 0) is 40.7 Å². The fraction of sp³-hybridized carbons (Fsp3) is 0.278. The van der Waals surface area contributed by atoms with Crippen LogP contribution in [0.25, 0.3) is 10.9 Å². The number of urea groups is 1. The zero-order valence-corrected chi connectivity index (χ0v) is 29.1. The minimum Gasteiger partial charge on any atom is -0.404 e. The van der Waals surface area contributed by atoms with Gasteiger partial charge in [-0.3, -0.25) is 24.2 Å². The normalized spacial score (nSPS) is 18.2. The van der Waals surface area contributed by atoms with Crippen molar-refractivity contribution in [3.05, 3.63) is 114 Å². The van der Waals surface area contributed by atoms with Gasteiger partial charge < -0.3 is 24.2 Å². The average Bonchev–Trinajstić information content (AvgIpc) is 3.43. The molecule has 4 amide bonds. The molecule has 4 aromatic rings. The summed E-state index contributed by atoms with van der Waals surface area (Å²) < 4.78 is 17.9. The highest BCUT2D eigenvalue weighted by Gasteiger charge is 2.51. The number of hydrogen-bond donors (Lipinski definition) is 3. The van der Waals surface area contributed by atoms with E-state index in [9.17, 15) is 33.5 Å². The third-order valence-corrected chi connectivity index (χ3v) is 9.52. The van der Waals surface area contributed by atoms with Crippen molar-refractivity contribution in [2.75, 3.05) is 19.6 Å². The van der Waals surface area contributed by atoms with Crippen LogP contribution in [0.3, 0.4) is 0 Å². The molecule has 0 radical (unpaired) electrons. The third-order valence-electron chi connectivity index (χ3n) is 9.07. The molecular weight excluding hydrogens is 675 g/mol. The van der Waals surface area contributed by atoms with Gasteiger partial charge in [-0.15, -0.1) is 6.58 Å². The first-order valence-corrected chi connectivity index (χ1v) is 17.9. The van der Waals surface area contributed by atoms with Crippen LogP contribution in [0.2, 0.25) is 0 Å². The van der Waals surface area contributed by atoms with Crippen molar-refractivity contribution in [2.45, 2.75) is 38.6 Å². The minimum atomic E-state index is -4.79. The highest BCUT2D eigenvalue weighted by molar-refractivity contribution is 7.46. The quantitative estimate of drug-likeness (QED) is 0.120. The van der Waals surface area contributed by atoms with Crippen LogP contribution in [0.1, 0.15) is 34.0 Å². The van der Waals surface area contributed by atoms with Crippen LogP contribution in [-0.4, -0.2) is 89.6 Å². The lowest BCUT2D eigenvalue weighted by atomic mass is 9.98. The molecule has 14 nitrogen and oxygen atoms in total. The Hall–Kier alpha value is -5.27. The number of para-hydroxylation sites is 1. The first-order valence-electron chi connectivity index (χ1n) is 16.3. The van der Waals surface area contributed by atoms with E-state index < -0.39 is 26.1 Å². The standard InChI is InChI=1S/C36H39N6O8P/c1-4-17-40-23-33(44)41-31(18-25-13-15-28(16-14-25)50-51(47,48)49)35(45)39(20-27-11-8-12-29-30(24(2)43)21-38(3)34(27)29)22-32(41)42(40)36(46)37-19-26-9-6-5-7-10-26/h4-16,21,31-32H,1,17-20,22-23H2,2-3H3,(H,37,46)(H2,47,48,49). The third kappa shape index (κ3) is 7.59. The van der Waals surface area contributed by atoms with Gasteiger partial charge in [0.15, 0.2) is 5.78 Å². The van der Waals surface area contributed by atoms with Gasteiger partial charge in [0.2, 0.25) is 11.8 Å². The van der Waals surface area contributed by atoms with Gasteiger partial charge in [-0.05, 0) is 35.7 Å². The number of carbonyl (C=O) groups excluding carboxylic acids is 4. The molecule has 0 saturated carbocycles. The molecule has 1 aromatic heterocycles. The van der Waals surface area contributed by atoms with E-state index in [1.807, 2.05) is 60.1 Å². The molecule has 3 N–H and O–H groups in total. The van der Waals surface area contributed by atoms with Gasteiger partial charge in [0.25, 0.3) is 0 Å². The Morgan fingerprint density at radius 1 is 1.02 bits per heavy atom. The van der Waals surface area contributed by atoms with Crippen molar-refractivity contribution in [1.29, 1.82) is 0 Å². The van der Waals surface area contributed by atoms with Gasteiger partial charge in [0.05, 0.1) is 18.6 Å². The zero-order chi connectivity index (χ0) is 36.4. The number of hydrazine groups is 1. The van der Waals surface area contributed by atoms with Gasteiger partial charge >= 0.3 is 13.9 Å². The number of phosphoric acid groups is 1. The smallest absolute Gasteiger partial charge is 0.404 e. The molecule has 3 aromatic carbocycles. The molecule has 0 aliphatic carbocycles. The number of fused-ring (bicyclic) bond motifs is 2. The number of amides is 4. The SMILES string of the molecule is C=CCN1CC(=O)N2C(Cc3ccc(OP(=O)(O)O)cc3)C(=O)N(Cc3cccc4c(C(C)=O)cn(C)c34)CC2N1C(=O)NCc1ccccc1. The second-order valence-electron chi connectivity index (χ2n) is 12.6. The molecule has 0 bridgehead atoms. The average molecular weight is 715 g/mol. The number of Topliss-reactive ketones (excluding diaryl/α,β-unsaturated/α-hetero) is 1. The van der Waals surface area contributed by atoms with Crippen LogP contribution < -0.4 is 9.84 Å². The monoisotopic (exact) mass is 714 g/mol. The maximum Gasteiger partial charge on any atom is 0.524 e. The molecule has 3 heterocycles. The molecule has 2 aliphatic rings. The van der Waals surface area contributed by atoms with Gasteiger partial charge in [0, 0.05) is 50.2 Å². The Balaban J connectivity index is 1.38. The molecule has 2 saturated heterocycles. The Labute approximate surface area is 294 Å². The number of benzene rings is 3. The molecule has 2 fully saturated rings. The van der Waals surface area contributed by atoms with Crippen LogP contribution in [0, 0.1) is 0 Å². The number of ketones is 1. The van der Waals surface area contributed by atoms with Crippen molar-refractivity contribution in [3.8, 4) is 5.75 Å². The fourth-order valence-corrected chi connectivity index (χ4v) is 7.31. The van der Waals surface area contributed by atoms with Gasteiger partial charge in [-0.2, -0.15) is 0 Å². The molecule has 266 valence electrons. The topological polar surface area (TPSA) is 165 Å². The molecule has 15 heteroatoms. The van der Waals surface area contributed by atoms with Crippen LogP contribution >= 0.6 is 7.82 Å². The molecule has 0 spiro atoms. The van der Waals surface area contributed by atoms with Crippen molar-refractivity contribution >= 4 is 42.4 Å². The summed E-state index contributed by atoms with van der Waals surface area (Å²) in [6.45, 7) is 5.74. The molecule has 2 aliphatic heterocycles. The molecular formula is C36H39N6O8P. The lowest BCUT2D eigenvalue weighted by Crippen LogP contribution is -2.76. The lowest BCUT2D eigenvalue weighted by molar-refractivity contribution is -0.189. The van der Waals surface area contributed by atoms with E-state index in [1.165, 1.54) is 29.0 Å². The molecule has 2 unspecified atom stereocenters. The predicted molar refractivity (Wildman–Crippen MR) is 188 cm³/mol. The summed E-state index contributed by atoms with van der Waals surface area (Å²) in [5.74, 6) is -0.823. The van der Waals surface area contributed by atoms with Crippen LogP contribution in [0.4, 0.5) is 4.79 Å². The maximum atomic E-state index is 14.5. The number of nitrogens with one attached hydrogen (secondary N) is 1. The number of hydrogen-bond acceptors (Lipinski definition) is 7. The number of carbonyl (C=O) groups is 4. The summed E-state index contributed by atoms with van der Waals surface area (Å²) in [5.41, 5.74) is 3.63. The van der Waals surface area contributed by atoms with E-state index in [4.69, 9.17) is 0 Å². The first-order chi connectivity index (χ1) is 24.3. The van der Waals surface area contributed by atoms with Crippen molar-refractivity contribution < 1.29 is 38.1 Å². The van der Waals surface area contributed by atoms with E-state index >= 15 is 0 Å². The van der Waals surface area contributed by atoms with Crippen molar-refractivity contribution in [2.24, 2.45) is 7.05 Å². The summed E-state index contributed by atoms with van der Waals surface area (Å²) in [7, 11) is -2.95. The van der Waals surface area contributed by atoms with E-state index in [-0.39, 0.29) is 62.5 Å². The second-order valence-corrected chi connectivity index (χ2v) is 13.8. The van der Waals surface area contributed by atoms with Gasteiger partial charge in [-0.1, -0.05) is 66.7 Å².